The molecule has 1 atom stereocenters. The summed E-state index contributed by atoms with van der Waals surface area (Å²) >= 11 is 3.48. The molecule has 21 heavy (non-hydrogen) atoms. The van der Waals surface area contributed by atoms with Gasteiger partial charge in [0.05, 0.1) is 24.2 Å². The minimum Gasteiger partial charge on any atom is -0.496 e. The third kappa shape index (κ3) is 4.06. The average molecular weight is 349 g/mol. The van der Waals surface area contributed by atoms with Gasteiger partial charge in [-0.3, -0.25) is 10.1 Å². The topological polar surface area (TPSA) is 64.3 Å². The lowest BCUT2D eigenvalue weighted by atomic mass is 9.98. The summed E-state index contributed by atoms with van der Waals surface area (Å²) in [6.07, 6.45) is 0. The van der Waals surface area contributed by atoms with Gasteiger partial charge in [-0.15, -0.1) is 0 Å². The van der Waals surface area contributed by atoms with E-state index in [4.69, 9.17) is 10.5 Å². The van der Waals surface area contributed by atoms with Crippen molar-refractivity contribution in [1.82, 2.24) is 5.32 Å². The Hall–Kier alpha value is -1.85. The highest BCUT2D eigenvalue weighted by Crippen LogP contribution is 2.30. The van der Waals surface area contributed by atoms with Gasteiger partial charge < -0.3 is 10.5 Å². The Bertz CT molecular complexity index is 617. The molecule has 0 bridgehead atoms. The Morgan fingerprint density at radius 1 is 1.24 bits per heavy atom. The maximum Gasteiger partial charge on any atom is 0.231 e. The van der Waals surface area contributed by atoms with Crippen molar-refractivity contribution in [3.05, 3.63) is 64.1 Å². The molecule has 3 N–H and O–H groups in total. The second-order valence-electron chi connectivity index (χ2n) is 4.58. The standard InChI is InChI=1S/C16H17BrN2O2/c1-21-14-8-7-12(9-13(14)17)16(19-10-15(18)20)11-5-3-2-4-6-11/h2-9,16,19H,10H2,1H3,(H2,18,20)/t16-/m1/s1. The number of ether oxygens (including phenoxy) is 1. The van der Waals surface area contributed by atoms with E-state index >= 15 is 0 Å². The van der Waals surface area contributed by atoms with Crippen molar-refractivity contribution in [2.75, 3.05) is 13.7 Å². The monoisotopic (exact) mass is 348 g/mol. The number of carbonyl (C=O) groups excluding carboxylic acids is 1. The second kappa shape index (κ2) is 7.24. The van der Waals surface area contributed by atoms with E-state index in [0.29, 0.717) is 0 Å². The molecular formula is C16H17BrN2O2. The quantitative estimate of drug-likeness (QED) is 0.843. The largest absolute Gasteiger partial charge is 0.496 e. The van der Waals surface area contributed by atoms with Crippen molar-refractivity contribution in [2.24, 2.45) is 5.73 Å². The van der Waals surface area contributed by atoms with Crippen LogP contribution in [0.3, 0.4) is 0 Å². The maximum atomic E-state index is 11.1. The van der Waals surface area contributed by atoms with Crippen molar-refractivity contribution in [3.8, 4) is 5.75 Å². The van der Waals surface area contributed by atoms with Crippen LogP contribution in [-0.4, -0.2) is 19.6 Å². The molecule has 2 aromatic carbocycles. The Kier molecular flexibility index (Phi) is 5.36. The predicted octanol–water partition coefficient (Wildman–Crippen LogP) is 2.62. The first-order valence-corrected chi connectivity index (χ1v) is 7.31. The van der Waals surface area contributed by atoms with Crippen molar-refractivity contribution in [2.45, 2.75) is 6.04 Å². The first-order chi connectivity index (χ1) is 10.1. The van der Waals surface area contributed by atoms with Gasteiger partial charge in [0.25, 0.3) is 0 Å². The van der Waals surface area contributed by atoms with Gasteiger partial charge in [0.15, 0.2) is 0 Å². The Labute approximate surface area is 132 Å². The SMILES string of the molecule is COc1ccc([C@H](NCC(N)=O)c2ccccc2)cc1Br. The number of rotatable bonds is 6. The first-order valence-electron chi connectivity index (χ1n) is 6.52. The van der Waals surface area contributed by atoms with Crippen LogP contribution in [0, 0.1) is 0 Å². The van der Waals surface area contributed by atoms with Crippen LogP contribution in [0.25, 0.3) is 0 Å². The number of amides is 1. The van der Waals surface area contributed by atoms with Crippen molar-refractivity contribution in [3.63, 3.8) is 0 Å². The third-order valence-corrected chi connectivity index (χ3v) is 3.74. The summed E-state index contributed by atoms with van der Waals surface area (Å²) in [6.45, 7) is 0.114. The molecule has 5 heteroatoms. The number of methoxy groups -OCH3 is 1. The molecule has 0 aliphatic heterocycles. The molecule has 4 nitrogen and oxygen atoms in total. The second-order valence-corrected chi connectivity index (χ2v) is 5.44. The van der Waals surface area contributed by atoms with Gasteiger partial charge in [0, 0.05) is 0 Å². The van der Waals surface area contributed by atoms with E-state index in [1.54, 1.807) is 7.11 Å². The molecule has 0 saturated carbocycles. The van der Waals surface area contributed by atoms with E-state index in [1.165, 1.54) is 0 Å². The lowest BCUT2D eigenvalue weighted by Crippen LogP contribution is -2.32. The maximum absolute atomic E-state index is 11.1. The normalized spacial score (nSPS) is 11.9. The number of carbonyl (C=O) groups is 1. The summed E-state index contributed by atoms with van der Waals surface area (Å²) in [6, 6.07) is 15.6. The van der Waals surface area contributed by atoms with Gasteiger partial charge in [-0.2, -0.15) is 0 Å². The van der Waals surface area contributed by atoms with Gasteiger partial charge in [0.1, 0.15) is 5.75 Å². The van der Waals surface area contributed by atoms with Crippen LogP contribution >= 0.6 is 15.9 Å². The number of nitrogens with one attached hydrogen (secondary N) is 1. The number of hydrogen-bond acceptors (Lipinski definition) is 3. The summed E-state index contributed by atoms with van der Waals surface area (Å²) in [7, 11) is 1.62. The molecule has 0 radical (unpaired) electrons. The molecule has 2 aromatic rings. The highest BCUT2D eigenvalue weighted by molar-refractivity contribution is 9.10. The van der Waals surface area contributed by atoms with Crippen LogP contribution < -0.4 is 15.8 Å². The highest BCUT2D eigenvalue weighted by Gasteiger charge is 2.15. The Balaban J connectivity index is 2.35. The molecule has 1 amide bonds. The van der Waals surface area contributed by atoms with Gasteiger partial charge in [-0.25, -0.2) is 0 Å². The zero-order valence-electron chi connectivity index (χ0n) is 11.7. The summed E-state index contributed by atoms with van der Waals surface area (Å²) in [5.74, 6) is 0.379. The molecular weight excluding hydrogens is 332 g/mol. The summed E-state index contributed by atoms with van der Waals surface area (Å²) < 4.78 is 6.11. The van der Waals surface area contributed by atoms with Crippen LogP contribution in [0.4, 0.5) is 0 Å². The molecule has 0 aliphatic rings. The molecule has 2 rings (SSSR count). The molecule has 0 heterocycles. The van der Waals surface area contributed by atoms with Crippen LogP contribution in [0.5, 0.6) is 5.75 Å². The van der Waals surface area contributed by atoms with Crippen LogP contribution in [0.2, 0.25) is 0 Å². The Morgan fingerprint density at radius 2 is 1.95 bits per heavy atom. The van der Waals surface area contributed by atoms with Crippen LogP contribution in [0.15, 0.2) is 53.0 Å². The smallest absolute Gasteiger partial charge is 0.231 e. The van der Waals surface area contributed by atoms with Crippen molar-refractivity contribution >= 4 is 21.8 Å². The molecule has 0 aliphatic carbocycles. The first kappa shape index (κ1) is 15.5. The number of hydrogen-bond donors (Lipinski definition) is 2. The summed E-state index contributed by atoms with van der Waals surface area (Å²) in [5.41, 5.74) is 7.33. The highest BCUT2D eigenvalue weighted by atomic mass is 79.9. The lowest BCUT2D eigenvalue weighted by Gasteiger charge is -2.20. The van der Waals surface area contributed by atoms with E-state index in [1.807, 2.05) is 48.5 Å². The minimum absolute atomic E-state index is 0.110. The average Bonchev–Trinajstić information content (AvgIpc) is 2.48. The molecule has 0 aromatic heterocycles. The zero-order chi connectivity index (χ0) is 15.2. The fourth-order valence-corrected chi connectivity index (χ4v) is 2.70. The molecule has 0 fully saturated rings. The zero-order valence-corrected chi connectivity index (χ0v) is 13.3. The summed E-state index contributed by atoms with van der Waals surface area (Å²) in [4.78, 5) is 11.1. The number of benzene rings is 2. The predicted molar refractivity (Wildman–Crippen MR) is 86.2 cm³/mol. The molecule has 0 saturated heterocycles. The molecule has 0 unspecified atom stereocenters. The number of primary amides is 1. The summed E-state index contributed by atoms with van der Waals surface area (Å²) in [5, 5.41) is 3.18. The van der Waals surface area contributed by atoms with E-state index in [2.05, 4.69) is 21.2 Å². The lowest BCUT2D eigenvalue weighted by molar-refractivity contribution is -0.117. The number of halogens is 1. The third-order valence-electron chi connectivity index (χ3n) is 3.12. The van der Waals surface area contributed by atoms with E-state index in [0.717, 1.165) is 21.3 Å². The van der Waals surface area contributed by atoms with Crippen LogP contribution in [-0.2, 0) is 4.79 Å². The molecule has 0 spiro atoms. The number of nitrogens with two attached hydrogens (primary N) is 1. The van der Waals surface area contributed by atoms with Crippen molar-refractivity contribution in [1.29, 1.82) is 0 Å². The fraction of sp³-hybridized carbons (Fsp3) is 0.188. The minimum atomic E-state index is -0.386. The van der Waals surface area contributed by atoms with E-state index in [-0.39, 0.29) is 18.5 Å². The van der Waals surface area contributed by atoms with Gasteiger partial charge in [0.2, 0.25) is 5.91 Å². The molecule has 110 valence electrons. The van der Waals surface area contributed by atoms with E-state index in [9.17, 15) is 4.79 Å². The Morgan fingerprint density at radius 3 is 2.52 bits per heavy atom. The van der Waals surface area contributed by atoms with Crippen LogP contribution in [0.1, 0.15) is 17.2 Å². The van der Waals surface area contributed by atoms with Gasteiger partial charge in [-0.05, 0) is 39.2 Å². The van der Waals surface area contributed by atoms with Gasteiger partial charge in [-0.1, -0.05) is 36.4 Å². The van der Waals surface area contributed by atoms with Crippen molar-refractivity contribution < 1.29 is 9.53 Å². The fourth-order valence-electron chi connectivity index (χ4n) is 2.14. The van der Waals surface area contributed by atoms with E-state index < -0.39 is 0 Å². The van der Waals surface area contributed by atoms with Gasteiger partial charge >= 0.3 is 0 Å².